The zero-order chi connectivity index (χ0) is 19.4. The number of ketones is 1. The number of aromatic nitrogens is 2. The van der Waals surface area contributed by atoms with Gasteiger partial charge >= 0.3 is 0 Å². The Hall–Kier alpha value is -2.01. The van der Waals surface area contributed by atoms with Crippen molar-refractivity contribution in [3.8, 4) is 0 Å². The Labute approximate surface area is 162 Å². The normalized spacial score (nSPS) is 17.2. The van der Waals surface area contributed by atoms with Gasteiger partial charge in [0.2, 0.25) is 5.89 Å². The molecule has 1 aromatic heterocycles. The molecule has 27 heavy (non-hydrogen) atoms. The largest absolute Gasteiger partial charge is 0.338 e. The maximum Gasteiger partial charge on any atom is 0.243 e. The van der Waals surface area contributed by atoms with E-state index in [2.05, 4.69) is 41.9 Å². The highest BCUT2D eigenvalue weighted by molar-refractivity contribution is 5.99. The highest BCUT2D eigenvalue weighted by atomic mass is 16.5. The first kappa shape index (κ1) is 19.7. The van der Waals surface area contributed by atoms with Gasteiger partial charge in [0.1, 0.15) is 0 Å². The number of unbranched alkanes of at least 4 members (excludes halogenated alkanes) is 1. The molecule has 146 valence electrons. The second kappa shape index (κ2) is 8.79. The van der Waals surface area contributed by atoms with Crippen LogP contribution < -0.4 is 0 Å². The van der Waals surface area contributed by atoms with Crippen LogP contribution in [0.3, 0.4) is 0 Å². The molecule has 1 aliphatic heterocycles. The van der Waals surface area contributed by atoms with E-state index in [1.807, 2.05) is 19.1 Å². The smallest absolute Gasteiger partial charge is 0.243 e. The van der Waals surface area contributed by atoms with E-state index in [0.29, 0.717) is 11.7 Å². The van der Waals surface area contributed by atoms with Crippen molar-refractivity contribution in [3.05, 3.63) is 46.6 Å². The molecule has 0 N–H and O–H groups in total. The predicted molar refractivity (Wildman–Crippen MR) is 106 cm³/mol. The zero-order valence-electron chi connectivity index (χ0n) is 17.0. The summed E-state index contributed by atoms with van der Waals surface area (Å²) in [6, 6.07) is 6.21. The third-order valence-corrected chi connectivity index (χ3v) is 5.69. The van der Waals surface area contributed by atoms with E-state index in [1.165, 1.54) is 5.56 Å². The molecule has 1 saturated heterocycles. The van der Waals surface area contributed by atoms with Crippen molar-refractivity contribution in [1.29, 1.82) is 0 Å². The van der Waals surface area contributed by atoms with Gasteiger partial charge < -0.3 is 4.52 Å². The van der Waals surface area contributed by atoms with Crippen LogP contribution in [0.25, 0.3) is 0 Å². The number of hydrogen-bond acceptors (Lipinski definition) is 5. The second-order valence-electron chi connectivity index (χ2n) is 7.82. The van der Waals surface area contributed by atoms with Gasteiger partial charge in [-0.3, -0.25) is 9.69 Å². The monoisotopic (exact) mass is 369 g/mol. The first-order chi connectivity index (χ1) is 13.0. The van der Waals surface area contributed by atoms with Crippen LogP contribution in [-0.2, 0) is 6.42 Å². The van der Waals surface area contributed by atoms with Gasteiger partial charge in [0, 0.05) is 17.9 Å². The number of rotatable bonds is 7. The lowest BCUT2D eigenvalue weighted by atomic mass is 9.86. The number of piperidine rings is 1. The number of likely N-dealkylation sites (tertiary alicyclic amines) is 1. The van der Waals surface area contributed by atoms with Crippen molar-refractivity contribution in [2.24, 2.45) is 5.92 Å². The lowest BCUT2D eigenvalue weighted by molar-refractivity contribution is 0.0774. The minimum atomic E-state index is 0.102. The van der Waals surface area contributed by atoms with Crippen molar-refractivity contribution in [2.45, 2.75) is 65.8 Å². The molecule has 2 aromatic rings. The van der Waals surface area contributed by atoms with Crippen LogP contribution in [0.15, 0.2) is 22.7 Å². The quantitative estimate of drug-likeness (QED) is 0.663. The van der Waals surface area contributed by atoms with Crippen LogP contribution in [-0.4, -0.2) is 33.9 Å². The number of hydrogen-bond donors (Lipinski definition) is 0. The molecule has 3 rings (SSSR count). The maximum atomic E-state index is 12.9. The fraction of sp³-hybridized carbons (Fsp3) is 0.591. The van der Waals surface area contributed by atoms with E-state index < -0.39 is 0 Å². The lowest BCUT2D eigenvalue weighted by Gasteiger charge is -2.34. The summed E-state index contributed by atoms with van der Waals surface area (Å²) in [5.74, 6) is 1.90. The SMILES string of the molecule is CCCCc1noc([C@H](C)N2CCC(C(=O)c3ccc(C)cc3C)CC2)n1. The third kappa shape index (κ3) is 4.64. The summed E-state index contributed by atoms with van der Waals surface area (Å²) >= 11 is 0. The van der Waals surface area contributed by atoms with Crippen LogP contribution >= 0.6 is 0 Å². The van der Waals surface area contributed by atoms with Crippen molar-refractivity contribution in [1.82, 2.24) is 15.0 Å². The molecule has 5 heteroatoms. The van der Waals surface area contributed by atoms with Crippen molar-refractivity contribution < 1.29 is 9.32 Å². The van der Waals surface area contributed by atoms with Gasteiger partial charge in [0.05, 0.1) is 6.04 Å². The fourth-order valence-corrected chi connectivity index (χ4v) is 3.89. The molecule has 1 aromatic carbocycles. The van der Waals surface area contributed by atoms with E-state index >= 15 is 0 Å². The standard InChI is InChI=1S/C22H31N3O2/c1-5-6-7-20-23-22(27-24-20)17(4)25-12-10-18(11-13-25)21(26)19-9-8-15(2)14-16(19)3/h8-9,14,17-18H,5-7,10-13H2,1-4H3/t17-/m0/s1. The van der Waals surface area contributed by atoms with Gasteiger partial charge in [-0.2, -0.15) is 4.98 Å². The number of carbonyl (C=O) groups is 1. The van der Waals surface area contributed by atoms with Gasteiger partial charge in [-0.1, -0.05) is 42.3 Å². The molecule has 0 unspecified atom stereocenters. The fourth-order valence-electron chi connectivity index (χ4n) is 3.89. The van der Waals surface area contributed by atoms with Gasteiger partial charge in [-0.15, -0.1) is 0 Å². The van der Waals surface area contributed by atoms with E-state index in [9.17, 15) is 4.79 Å². The number of carbonyl (C=O) groups excluding carboxylic acids is 1. The second-order valence-corrected chi connectivity index (χ2v) is 7.82. The lowest BCUT2D eigenvalue weighted by Crippen LogP contribution is -2.38. The molecule has 1 aliphatic rings. The van der Waals surface area contributed by atoms with Crippen LogP contribution in [0.1, 0.15) is 78.8 Å². The summed E-state index contributed by atoms with van der Waals surface area (Å²) in [5.41, 5.74) is 3.16. The zero-order valence-corrected chi connectivity index (χ0v) is 17.0. The number of aryl methyl sites for hydroxylation is 3. The first-order valence-corrected chi connectivity index (χ1v) is 10.2. The molecule has 1 fully saturated rings. The number of nitrogens with zero attached hydrogens (tertiary/aromatic N) is 3. The topological polar surface area (TPSA) is 59.2 Å². The molecule has 0 aliphatic carbocycles. The summed E-state index contributed by atoms with van der Waals surface area (Å²) in [4.78, 5) is 19.8. The van der Waals surface area contributed by atoms with Crippen LogP contribution in [0.4, 0.5) is 0 Å². The highest BCUT2D eigenvalue weighted by Gasteiger charge is 2.30. The number of benzene rings is 1. The summed E-state index contributed by atoms with van der Waals surface area (Å²) in [6.07, 6.45) is 4.85. The molecule has 1 atom stereocenters. The Morgan fingerprint density at radius 1 is 1.30 bits per heavy atom. The minimum absolute atomic E-state index is 0.102. The molecule has 0 amide bonds. The van der Waals surface area contributed by atoms with Crippen molar-refractivity contribution in [2.75, 3.05) is 13.1 Å². The van der Waals surface area contributed by atoms with E-state index in [-0.39, 0.29) is 12.0 Å². The Morgan fingerprint density at radius 3 is 2.70 bits per heavy atom. The summed E-state index contributed by atoms with van der Waals surface area (Å²) in [6.45, 7) is 10.1. The van der Waals surface area contributed by atoms with E-state index in [1.54, 1.807) is 0 Å². The molecule has 0 saturated carbocycles. The molecule has 2 heterocycles. The average Bonchev–Trinajstić information content (AvgIpc) is 3.14. The third-order valence-electron chi connectivity index (χ3n) is 5.69. The Bertz CT molecular complexity index is 776. The summed E-state index contributed by atoms with van der Waals surface area (Å²) in [5, 5.41) is 4.10. The maximum absolute atomic E-state index is 12.9. The summed E-state index contributed by atoms with van der Waals surface area (Å²) in [7, 11) is 0. The predicted octanol–water partition coefficient (Wildman–Crippen LogP) is 4.68. The van der Waals surface area contributed by atoms with Crippen molar-refractivity contribution >= 4 is 5.78 Å². The Kier molecular flexibility index (Phi) is 6.42. The molecule has 0 spiro atoms. The Morgan fingerprint density at radius 2 is 2.04 bits per heavy atom. The first-order valence-electron chi connectivity index (χ1n) is 10.2. The molecular formula is C22H31N3O2. The molecule has 0 radical (unpaired) electrons. The van der Waals surface area contributed by atoms with E-state index in [0.717, 1.165) is 62.1 Å². The van der Waals surface area contributed by atoms with Crippen LogP contribution in [0.2, 0.25) is 0 Å². The summed E-state index contributed by atoms with van der Waals surface area (Å²) < 4.78 is 5.48. The van der Waals surface area contributed by atoms with E-state index in [4.69, 9.17) is 4.52 Å². The minimum Gasteiger partial charge on any atom is -0.338 e. The van der Waals surface area contributed by atoms with Gasteiger partial charge in [0.15, 0.2) is 11.6 Å². The Balaban J connectivity index is 1.58. The van der Waals surface area contributed by atoms with Gasteiger partial charge in [-0.05, 0) is 58.7 Å². The van der Waals surface area contributed by atoms with Crippen LogP contribution in [0, 0.1) is 19.8 Å². The number of Topliss-reactive ketones (excluding diaryl/α,β-unsaturated/α-hetero) is 1. The van der Waals surface area contributed by atoms with Crippen LogP contribution in [0.5, 0.6) is 0 Å². The molecular weight excluding hydrogens is 338 g/mol. The average molecular weight is 370 g/mol. The van der Waals surface area contributed by atoms with Gasteiger partial charge in [0.25, 0.3) is 0 Å². The molecule has 0 bridgehead atoms. The van der Waals surface area contributed by atoms with Gasteiger partial charge in [-0.25, -0.2) is 0 Å². The highest BCUT2D eigenvalue weighted by Crippen LogP contribution is 2.28. The molecule has 5 nitrogen and oxygen atoms in total. The van der Waals surface area contributed by atoms with Crippen molar-refractivity contribution in [3.63, 3.8) is 0 Å².